The van der Waals surface area contributed by atoms with E-state index in [1.165, 1.54) is 0 Å². The largest absolute Gasteiger partial charge is 0.477 e. The average molecular weight is 263 g/mol. The number of thiazole rings is 1. The number of methoxy groups -OCH3 is 1. The Hall–Kier alpha value is -1.72. The minimum atomic E-state index is -0.957. The first kappa shape index (κ1) is 12.7. The molecular weight excluding hydrogens is 250 g/mol. The summed E-state index contributed by atoms with van der Waals surface area (Å²) in [5.74, 6) is -0.957. The molecule has 1 atom stereocenters. The molecule has 1 heterocycles. The number of hydrogen-bond acceptors (Lipinski definition) is 4. The Labute approximate surface area is 109 Å². The second-order valence-electron chi connectivity index (χ2n) is 3.78. The second kappa shape index (κ2) is 5.29. The molecule has 1 aromatic carbocycles. The minimum Gasteiger partial charge on any atom is -0.477 e. The fraction of sp³-hybridized carbons (Fsp3) is 0.231. The zero-order chi connectivity index (χ0) is 13.1. The molecule has 0 fully saturated rings. The van der Waals surface area contributed by atoms with Crippen LogP contribution in [0.25, 0.3) is 11.3 Å². The van der Waals surface area contributed by atoms with Crippen molar-refractivity contribution in [3.8, 4) is 11.3 Å². The van der Waals surface area contributed by atoms with Crippen molar-refractivity contribution in [3.63, 3.8) is 0 Å². The van der Waals surface area contributed by atoms with Gasteiger partial charge in [0.1, 0.15) is 16.0 Å². The molecule has 2 rings (SSSR count). The normalized spacial score (nSPS) is 12.3. The number of carboxylic acid groups (broad SMARTS) is 1. The number of aromatic carboxylic acids is 1. The summed E-state index contributed by atoms with van der Waals surface area (Å²) in [4.78, 5) is 15.9. The summed E-state index contributed by atoms with van der Waals surface area (Å²) in [5.41, 5.74) is 1.31. The van der Waals surface area contributed by atoms with E-state index in [9.17, 15) is 9.90 Å². The molecule has 0 spiro atoms. The van der Waals surface area contributed by atoms with E-state index in [0.717, 1.165) is 16.9 Å². The number of aromatic nitrogens is 1. The molecule has 94 valence electrons. The summed E-state index contributed by atoms with van der Waals surface area (Å²) in [6, 6.07) is 9.31. The SMILES string of the molecule is COC(C)c1nc(-c2ccccc2)c(C(=O)O)s1. The highest BCUT2D eigenvalue weighted by atomic mass is 32.1. The fourth-order valence-electron chi connectivity index (χ4n) is 1.55. The molecule has 0 aliphatic rings. The summed E-state index contributed by atoms with van der Waals surface area (Å²) >= 11 is 1.16. The van der Waals surface area contributed by atoms with Crippen LogP contribution in [-0.4, -0.2) is 23.2 Å². The Kier molecular flexibility index (Phi) is 3.74. The van der Waals surface area contributed by atoms with E-state index >= 15 is 0 Å². The molecule has 0 bridgehead atoms. The van der Waals surface area contributed by atoms with Crippen molar-refractivity contribution < 1.29 is 14.6 Å². The standard InChI is InChI=1S/C13H13NO3S/c1-8(17-2)12-14-10(11(18-12)13(15)16)9-6-4-3-5-7-9/h3-8H,1-2H3,(H,15,16). The molecular formula is C13H13NO3S. The van der Waals surface area contributed by atoms with Crippen molar-refractivity contribution in [2.75, 3.05) is 7.11 Å². The van der Waals surface area contributed by atoms with Gasteiger partial charge in [0.2, 0.25) is 0 Å². The number of carbonyl (C=O) groups is 1. The molecule has 1 unspecified atom stereocenters. The van der Waals surface area contributed by atoms with Gasteiger partial charge in [-0.2, -0.15) is 0 Å². The number of benzene rings is 1. The third kappa shape index (κ3) is 2.42. The van der Waals surface area contributed by atoms with Gasteiger partial charge in [0.25, 0.3) is 0 Å². The third-order valence-corrected chi connectivity index (χ3v) is 3.79. The van der Waals surface area contributed by atoms with Crippen LogP contribution < -0.4 is 0 Å². The second-order valence-corrected chi connectivity index (χ2v) is 4.81. The van der Waals surface area contributed by atoms with Crippen molar-refractivity contribution in [3.05, 3.63) is 40.2 Å². The quantitative estimate of drug-likeness (QED) is 0.920. The van der Waals surface area contributed by atoms with Gasteiger partial charge >= 0.3 is 5.97 Å². The highest BCUT2D eigenvalue weighted by molar-refractivity contribution is 7.14. The van der Waals surface area contributed by atoms with Crippen LogP contribution in [0, 0.1) is 0 Å². The van der Waals surface area contributed by atoms with Gasteiger partial charge in [-0.25, -0.2) is 9.78 Å². The Bertz CT molecular complexity index is 551. The van der Waals surface area contributed by atoms with E-state index in [1.807, 2.05) is 37.3 Å². The molecule has 1 aromatic heterocycles. The van der Waals surface area contributed by atoms with Crippen LogP contribution in [0.5, 0.6) is 0 Å². The van der Waals surface area contributed by atoms with E-state index in [0.29, 0.717) is 10.7 Å². The lowest BCUT2D eigenvalue weighted by Gasteiger charge is -2.03. The van der Waals surface area contributed by atoms with Gasteiger partial charge < -0.3 is 9.84 Å². The predicted molar refractivity (Wildman–Crippen MR) is 69.9 cm³/mol. The van der Waals surface area contributed by atoms with Gasteiger partial charge in [-0.05, 0) is 6.92 Å². The Morgan fingerprint density at radius 2 is 2.06 bits per heavy atom. The number of carboxylic acids is 1. The maximum Gasteiger partial charge on any atom is 0.348 e. The van der Waals surface area contributed by atoms with E-state index < -0.39 is 5.97 Å². The molecule has 0 saturated carbocycles. The topological polar surface area (TPSA) is 59.4 Å². The highest BCUT2D eigenvalue weighted by Gasteiger charge is 2.21. The Balaban J connectivity index is 2.52. The van der Waals surface area contributed by atoms with Gasteiger partial charge in [0, 0.05) is 12.7 Å². The van der Waals surface area contributed by atoms with Crippen molar-refractivity contribution >= 4 is 17.3 Å². The maximum atomic E-state index is 11.2. The average Bonchev–Trinajstić information content (AvgIpc) is 2.84. The summed E-state index contributed by atoms with van der Waals surface area (Å²) in [6.45, 7) is 1.85. The van der Waals surface area contributed by atoms with E-state index in [1.54, 1.807) is 7.11 Å². The fourth-order valence-corrected chi connectivity index (χ4v) is 2.50. The first-order chi connectivity index (χ1) is 8.63. The maximum absolute atomic E-state index is 11.2. The number of nitrogens with zero attached hydrogens (tertiary/aromatic N) is 1. The van der Waals surface area contributed by atoms with Crippen LogP contribution in [0.4, 0.5) is 0 Å². The van der Waals surface area contributed by atoms with Gasteiger partial charge in [-0.1, -0.05) is 30.3 Å². The molecule has 18 heavy (non-hydrogen) atoms. The minimum absolute atomic E-state index is 0.203. The van der Waals surface area contributed by atoms with Gasteiger partial charge in [0.05, 0.1) is 5.69 Å². The van der Waals surface area contributed by atoms with E-state index in [2.05, 4.69) is 4.98 Å². The summed E-state index contributed by atoms with van der Waals surface area (Å²) in [5, 5.41) is 9.90. The zero-order valence-electron chi connectivity index (χ0n) is 10.1. The molecule has 0 aliphatic heterocycles. The van der Waals surface area contributed by atoms with E-state index in [-0.39, 0.29) is 11.0 Å². The molecule has 0 radical (unpaired) electrons. The molecule has 0 aliphatic carbocycles. The van der Waals surface area contributed by atoms with Gasteiger partial charge in [-0.15, -0.1) is 11.3 Å². The van der Waals surface area contributed by atoms with Crippen LogP contribution >= 0.6 is 11.3 Å². The zero-order valence-corrected chi connectivity index (χ0v) is 10.9. The van der Waals surface area contributed by atoms with Crippen LogP contribution in [-0.2, 0) is 4.74 Å². The van der Waals surface area contributed by atoms with Crippen LogP contribution in [0.1, 0.15) is 27.7 Å². The first-order valence-corrected chi connectivity index (χ1v) is 6.27. The summed E-state index contributed by atoms with van der Waals surface area (Å²) in [7, 11) is 1.58. The lowest BCUT2D eigenvalue weighted by atomic mass is 10.1. The summed E-state index contributed by atoms with van der Waals surface area (Å²) < 4.78 is 5.18. The van der Waals surface area contributed by atoms with Crippen LogP contribution in [0.15, 0.2) is 30.3 Å². The van der Waals surface area contributed by atoms with Crippen molar-refractivity contribution in [2.45, 2.75) is 13.0 Å². The highest BCUT2D eigenvalue weighted by Crippen LogP contribution is 2.31. The van der Waals surface area contributed by atoms with Crippen molar-refractivity contribution in [2.24, 2.45) is 0 Å². The van der Waals surface area contributed by atoms with Crippen LogP contribution in [0.3, 0.4) is 0 Å². The third-order valence-electron chi connectivity index (χ3n) is 2.59. The van der Waals surface area contributed by atoms with Gasteiger partial charge in [-0.3, -0.25) is 0 Å². The number of rotatable bonds is 4. The number of ether oxygens (including phenoxy) is 1. The van der Waals surface area contributed by atoms with Crippen molar-refractivity contribution in [1.29, 1.82) is 0 Å². The Morgan fingerprint density at radius 1 is 1.39 bits per heavy atom. The van der Waals surface area contributed by atoms with Crippen LogP contribution in [0.2, 0.25) is 0 Å². The lowest BCUT2D eigenvalue weighted by Crippen LogP contribution is -1.95. The monoisotopic (exact) mass is 263 g/mol. The number of hydrogen-bond donors (Lipinski definition) is 1. The summed E-state index contributed by atoms with van der Waals surface area (Å²) in [6.07, 6.45) is -0.203. The lowest BCUT2D eigenvalue weighted by molar-refractivity contribution is 0.0702. The molecule has 1 N–H and O–H groups in total. The smallest absolute Gasteiger partial charge is 0.348 e. The molecule has 0 amide bonds. The van der Waals surface area contributed by atoms with Crippen molar-refractivity contribution in [1.82, 2.24) is 4.98 Å². The predicted octanol–water partition coefficient (Wildman–Crippen LogP) is 3.22. The van der Waals surface area contributed by atoms with E-state index in [4.69, 9.17) is 4.74 Å². The molecule has 0 saturated heterocycles. The molecule has 5 heteroatoms. The molecule has 2 aromatic rings. The Morgan fingerprint density at radius 3 is 2.61 bits per heavy atom. The molecule has 4 nitrogen and oxygen atoms in total. The first-order valence-electron chi connectivity index (χ1n) is 5.45. The van der Waals surface area contributed by atoms with Gasteiger partial charge in [0.15, 0.2) is 0 Å².